The first-order chi connectivity index (χ1) is 12.1. The maximum Gasteiger partial charge on any atom is 0.361 e. The summed E-state index contributed by atoms with van der Waals surface area (Å²) in [7, 11) is 0. The number of nitrogens with two attached hydrogens (primary N) is 1. The lowest BCUT2D eigenvalue weighted by atomic mass is 10.0. The Hall–Kier alpha value is -2.81. The molecular formula is C16H15N5O3S. The largest absolute Gasteiger partial charge is 0.454 e. The van der Waals surface area contributed by atoms with E-state index in [-0.39, 0.29) is 23.7 Å². The summed E-state index contributed by atoms with van der Waals surface area (Å²) in [5.41, 5.74) is 6.88. The maximum absolute atomic E-state index is 12.4. The first kappa shape index (κ1) is 15.7. The molecule has 0 saturated carbocycles. The molecule has 3 aromatic rings. The molecule has 3 heterocycles. The zero-order valence-electron chi connectivity index (χ0n) is 13.3. The van der Waals surface area contributed by atoms with Crippen LogP contribution in [0.15, 0.2) is 23.3 Å². The van der Waals surface area contributed by atoms with Gasteiger partial charge in [0, 0.05) is 29.0 Å². The number of aromatic nitrogens is 4. The molecule has 1 aliphatic rings. The number of aryl methyl sites for hydroxylation is 2. The molecule has 4 rings (SSSR count). The number of hydrogen-bond donors (Lipinski definition) is 1. The minimum absolute atomic E-state index is 0.00177. The molecule has 0 aliphatic heterocycles. The number of nitrogens with zero attached hydrogens (tertiary/aromatic N) is 4. The highest BCUT2D eigenvalue weighted by Crippen LogP contribution is 2.28. The van der Waals surface area contributed by atoms with Gasteiger partial charge in [-0.05, 0) is 25.7 Å². The maximum atomic E-state index is 12.4. The first-order valence-corrected chi connectivity index (χ1v) is 8.72. The van der Waals surface area contributed by atoms with Crippen LogP contribution in [0.4, 0.5) is 5.82 Å². The van der Waals surface area contributed by atoms with E-state index >= 15 is 0 Å². The number of ether oxygens (including phenoxy) is 1. The van der Waals surface area contributed by atoms with Gasteiger partial charge in [-0.3, -0.25) is 9.20 Å². The number of fused-ring (bicyclic) bond motifs is 3. The zero-order valence-corrected chi connectivity index (χ0v) is 14.1. The van der Waals surface area contributed by atoms with Gasteiger partial charge in [0.1, 0.15) is 6.61 Å². The molecule has 1 aliphatic carbocycles. The zero-order chi connectivity index (χ0) is 17.4. The highest BCUT2D eigenvalue weighted by Gasteiger charge is 2.19. The molecule has 0 bridgehead atoms. The Bertz CT molecular complexity index is 1030. The van der Waals surface area contributed by atoms with Crippen molar-refractivity contribution >= 4 is 28.1 Å². The summed E-state index contributed by atoms with van der Waals surface area (Å²) in [6, 6.07) is 1.40. The normalized spacial score (nSPS) is 13.6. The van der Waals surface area contributed by atoms with Crippen LogP contribution >= 0.6 is 11.3 Å². The predicted molar refractivity (Wildman–Crippen MR) is 91.5 cm³/mol. The number of rotatable bonds is 3. The van der Waals surface area contributed by atoms with E-state index < -0.39 is 5.97 Å². The van der Waals surface area contributed by atoms with Crippen LogP contribution in [0.3, 0.4) is 0 Å². The average Bonchev–Trinajstić information content (AvgIpc) is 2.99. The molecule has 0 atom stereocenters. The van der Waals surface area contributed by atoms with Gasteiger partial charge in [-0.25, -0.2) is 19.7 Å². The fourth-order valence-electron chi connectivity index (χ4n) is 2.93. The topological polar surface area (TPSA) is 112 Å². The van der Waals surface area contributed by atoms with Crippen molar-refractivity contribution in [3.05, 3.63) is 50.8 Å². The van der Waals surface area contributed by atoms with Gasteiger partial charge in [-0.15, -0.1) is 11.3 Å². The predicted octanol–water partition coefficient (Wildman–Crippen LogP) is 1.36. The van der Waals surface area contributed by atoms with Gasteiger partial charge in [0.15, 0.2) is 16.5 Å². The third kappa shape index (κ3) is 2.86. The second-order valence-corrected chi connectivity index (χ2v) is 6.81. The number of anilines is 1. The van der Waals surface area contributed by atoms with Crippen LogP contribution in [0.25, 0.3) is 4.96 Å². The Morgan fingerprint density at radius 1 is 1.28 bits per heavy atom. The summed E-state index contributed by atoms with van der Waals surface area (Å²) in [4.78, 5) is 38.5. The second-order valence-electron chi connectivity index (χ2n) is 5.75. The van der Waals surface area contributed by atoms with Crippen LogP contribution in [0, 0.1) is 0 Å². The summed E-state index contributed by atoms with van der Waals surface area (Å²) in [6.07, 6.45) is 6.86. The standard InChI is InChI=1S/C16H15N5O3S/c17-14-13(18-5-6-19-14)15(23)24-8-9-7-12(22)21-10-3-1-2-4-11(10)25-16(21)20-9/h5-7H,1-4,8H2,(H2,17,19). The number of hydrogen-bond acceptors (Lipinski definition) is 8. The molecular weight excluding hydrogens is 342 g/mol. The van der Waals surface area contributed by atoms with Crippen LogP contribution in [0.5, 0.6) is 0 Å². The number of esters is 1. The monoisotopic (exact) mass is 357 g/mol. The molecule has 2 N–H and O–H groups in total. The van der Waals surface area contributed by atoms with Crippen molar-refractivity contribution in [2.75, 3.05) is 5.73 Å². The molecule has 0 radical (unpaired) electrons. The summed E-state index contributed by atoms with van der Waals surface area (Å²) in [5.74, 6) is -0.694. The van der Waals surface area contributed by atoms with Crippen molar-refractivity contribution in [1.82, 2.24) is 19.4 Å². The van der Waals surface area contributed by atoms with Crippen molar-refractivity contribution in [2.24, 2.45) is 0 Å². The van der Waals surface area contributed by atoms with E-state index in [2.05, 4.69) is 15.0 Å². The molecule has 0 unspecified atom stereocenters. The average molecular weight is 357 g/mol. The van der Waals surface area contributed by atoms with E-state index in [9.17, 15) is 9.59 Å². The van der Waals surface area contributed by atoms with Crippen molar-refractivity contribution in [3.63, 3.8) is 0 Å². The van der Waals surface area contributed by atoms with Crippen molar-refractivity contribution in [3.8, 4) is 0 Å². The summed E-state index contributed by atoms with van der Waals surface area (Å²) < 4.78 is 6.85. The van der Waals surface area contributed by atoms with Crippen LogP contribution in [0.1, 0.15) is 39.6 Å². The van der Waals surface area contributed by atoms with Crippen LogP contribution in [-0.2, 0) is 24.2 Å². The lowest BCUT2D eigenvalue weighted by molar-refractivity contribution is 0.0461. The molecule has 0 amide bonds. The Balaban J connectivity index is 1.59. The Morgan fingerprint density at radius 3 is 2.92 bits per heavy atom. The molecule has 128 valence electrons. The van der Waals surface area contributed by atoms with Crippen molar-refractivity contribution in [1.29, 1.82) is 0 Å². The highest BCUT2D eigenvalue weighted by atomic mass is 32.1. The van der Waals surface area contributed by atoms with Gasteiger partial charge < -0.3 is 10.5 Å². The molecule has 9 heteroatoms. The van der Waals surface area contributed by atoms with E-state index in [1.54, 1.807) is 4.40 Å². The second kappa shape index (κ2) is 6.25. The smallest absolute Gasteiger partial charge is 0.361 e. The SMILES string of the molecule is Nc1nccnc1C(=O)OCc1cc(=O)n2c3c(sc2n1)CCCC3. The molecule has 0 spiro atoms. The minimum Gasteiger partial charge on any atom is -0.454 e. The highest BCUT2D eigenvalue weighted by molar-refractivity contribution is 7.17. The lowest BCUT2D eigenvalue weighted by Crippen LogP contribution is -2.19. The van der Waals surface area contributed by atoms with Crippen molar-refractivity contribution in [2.45, 2.75) is 32.3 Å². The number of nitrogen functional groups attached to an aromatic ring is 1. The summed E-state index contributed by atoms with van der Waals surface area (Å²) >= 11 is 1.53. The Kier molecular flexibility index (Phi) is 3.92. The lowest BCUT2D eigenvalue weighted by Gasteiger charge is -2.10. The molecule has 8 nitrogen and oxygen atoms in total. The number of thiazole rings is 1. The van der Waals surface area contributed by atoms with Gasteiger partial charge in [0.25, 0.3) is 5.56 Å². The third-order valence-corrected chi connectivity index (χ3v) is 5.23. The summed E-state index contributed by atoms with van der Waals surface area (Å²) in [5, 5.41) is 0. The Morgan fingerprint density at radius 2 is 2.08 bits per heavy atom. The summed E-state index contributed by atoms with van der Waals surface area (Å²) in [6.45, 7) is -0.122. The molecule has 0 fully saturated rings. The van der Waals surface area contributed by atoms with E-state index in [0.717, 1.165) is 31.4 Å². The van der Waals surface area contributed by atoms with E-state index in [0.29, 0.717) is 10.7 Å². The van der Waals surface area contributed by atoms with E-state index in [1.165, 1.54) is 34.7 Å². The fourth-order valence-corrected chi connectivity index (χ4v) is 4.16. The van der Waals surface area contributed by atoms with Gasteiger partial charge in [-0.1, -0.05) is 0 Å². The quantitative estimate of drug-likeness (QED) is 0.704. The van der Waals surface area contributed by atoms with Crippen LogP contribution in [0.2, 0.25) is 0 Å². The van der Waals surface area contributed by atoms with Gasteiger partial charge in [-0.2, -0.15) is 0 Å². The number of carbonyl (C=O) groups is 1. The minimum atomic E-state index is -0.696. The van der Waals surface area contributed by atoms with Gasteiger partial charge in [0.2, 0.25) is 0 Å². The van der Waals surface area contributed by atoms with Gasteiger partial charge >= 0.3 is 5.97 Å². The molecule has 3 aromatic heterocycles. The van der Waals surface area contributed by atoms with E-state index in [4.69, 9.17) is 10.5 Å². The van der Waals surface area contributed by atoms with Crippen LogP contribution < -0.4 is 11.3 Å². The number of carbonyl (C=O) groups excluding carboxylic acids is 1. The fraction of sp³-hybridized carbons (Fsp3) is 0.312. The molecule has 0 saturated heterocycles. The first-order valence-electron chi connectivity index (χ1n) is 7.90. The molecule has 25 heavy (non-hydrogen) atoms. The van der Waals surface area contributed by atoms with Gasteiger partial charge in [0.05, 0.1) is 5.69 Å². The molecule has 0 aromatic carbocycles. The third-order valence-electron chi connectivity index (χ3n) is 4.09. The Labute approximate surface area is 146 Å². The van der Waals surface area contributed by atoms with Crippen molar-refractivity contribution < 1.29 is 9.53 Å². The van der Waals surface area contributed by atoms with E-state index in [1.807, 2.05) is 0 Å². The van der Waals surface area contributed by atoms with Crippen LogP contribution in [-0.4, -0.2) is 25.3 Å².